The lowest BCUT2D eigenvalue weighted by molar-refractivity contribution is 0.103. The van der Waals surface area contributed by atoms with Gasteiger partial charge >= 0.3 is 0 Å². The van der Waals surface area contributed by atoms with E-state index in [0.717, 1.165) is 30.3 Å². The first-order valence-corrected chi connectivity index (χ1v) is 8.11. The molecule has 18 heavy (non-hydrogen) atoms. The maximum absolute atomic E-state index is 5.96. The molecule has 2 N–H and O–H groups in total. The molecule has 0 aromatic rings. The van der Waals surface area contributed by atoms with Crippen LogP contribution in [0.4, 0.5) is 0 Å². The maximum atomic E-state index is 5.96. The number of rotatable bonds is 4. The number of hydrogen-bond acceptors (Lipinski definition) is 2. The predicted octanol–water partition coefficient (Wildman–Crippen LogP) is 3.26. The topological polar surface area (TPSA) is 29.3 Å². The Morgan fingerprint density at radius 1 is 1.00 bits per heavy atom. The molecule has 0 aliphatic heterocycles. The van der Waals surface area contributed by atoms with Crippen molar-refractivity contribution < 1.29 is 0 Å². The molecule has 0 spiro atoms. The standard InChI is InChI=1S/C16H32N2/c1-13-7-9-14(10-8-13)12-18(2)16-6-4-3-5-15(16)11-17/h13-16H,3-12,17H2,1-2H3. The zero-order valence-electron chi connectivity index (χ0n) is 12.4. The quantitative estimate of drug-likeness (QED) is 0.832. The summed E-state index contributed by atoms with van der Waals surface area (Å²) in [7, 11) is 2.34. The molecule has 2 aliphatic carbocycles. The Morgan fingerprint density at radius 3 is 2.33 bits per heavy atom. The van der Waals surface area contributed by atoms with E-state index in [1.165, 1.54) is 57.9 Å². The Kier molecular flexibility index (Phi) is 5.50. The van der Waals surface area contributed by atoms with E-state index in [-0.39, 0.29) is 0 Å². The molecule has 0 aromatic carbocycles. The molecule has 0 heterocycles. The van der Waals surface area contributed by atoms with Gasteiger partial charge in [-0.1, -0.05) is 32.6 Å². The van der Waals surface area contributed by atoms with Crippen LogP contribution >= 0.6 is 0 Å². The Bertz CT molecular complexity index is 233. The van der Waals surface area contributed by atoms with E-state index in [0.29, 0.717) is 0 Å². The summed E-state index contributed by atoms with van der Waals surface area (Å²) in [6.07, 6.45) is 11.3. The van der Waals surface area contributed by atoms with Crippen molar-refractivity contribution >= 4 is 0 Å². The molecule has 0 amide bonds. The third-order valence-electron chi connectivity index (χ3n) is 5.42. The number of nitrogens with two attached hydrogens (primary N) is 1. The van der Waals surface area contributed by atoms with Crippen LogP contribution in [-0.4, -0.2) is 31.1 Å². The van der Waals surface area contributed by atoms with Crippen LogP contribution in [0.3, 0.4) is 0 Å². The van der Waals surface area contributed by atoms with Crippen molar-refractivity contribution in [3.8, 4) is 0 Å². The summed E-state index contributed by atoms with van der Waals surface area (Å²) in [6, 6.07) is 0.767. The molecule has 2 fully saturated rings. The number of hydrogen-bond donors (Lipinski definition) is 1. The van der Waals surface area contributed by atoms with Crippen LogP contribution in [0.5, 0.6) is 0 Å². The van der Waals surface area contributed by atoms with E-state index >= 15 is 0 Å². The third kappa shape index (κ3) is 3.71. The van der Waals surface area contributed by atoms with E-state index in [1.54, 1.807) is 0 Å². The lowest BCUT2D eigenvalue weighted by atomic mass is 9.80. The average Bonchev–Trinajstić information content (AvgIpc) is 2.41. The van der Waals surface area contributed by atoms with Crippen LogP contribution in [0.2, 0.25) is 0 Å². The fourth-order valence-electron chi connectivity index (χ4n) is 4.10. The van der Waals surface area contributed by atoms with Crippen molar-refractivity contribution in [3.63, 3.8) is 0 Å². The van der Waals surface area contributed by atoms with Crippen LogP contribution in [0.15, 0.2) is 0 Å². The molecule has 2 heteroatoms. The fraction of sp³-hybridized carbons (Fsp3) is 1.00. The van der Waals surface area contributed by atoms with Crippen molar-refractivity contribution in [2.75, 3.05) is 20.1 Å². The molecular formula is C16H32N2. The van der Waals surface area contributed by atoms with Gasteiger partial charge in [0.2, 0.25) is 0 Å². The molecule has 0 aromatic heterocycles. The van der Waals surface area contributed by atoms with E-state index in [9.17, 15) is 0 Å². The van der Waals surface area contributed by atoms with Gasteiger partial charge in [0.05, 0.1) is 0 Å². The highest BCUT2D eigenvalue weighted by atomic mass is 15.1. The summed E-state index contributed by atoms with van der Waals surface area (Å²) in [5.74, 6) is 2.68. The zero-order chi connectivity index (χ0) is 13.0. The lowest BCUT2D eigenvalue weighted by Gasteiger charge is -2.40. The highest BCUT2D eigenvalue weighted by Gasteiger charge is 2.29. The maximum Gasteiger partial charge on any atom is 0.0133 e. The minimum absolute atomic E-state index is 0.756. The van der Waals surface area contributed by atoms with Gasteiger partial charge in [-0.2, -0.15) is 0 Å². The SMILES string of the molecule is CC1CCC(CN(C)C2CCCCC2CN)CC1. The summed E-state index contributed by atoms with van der Waals surface area (Å²) in [5, 5.41) is 0. The summed E-state index contributed by atoms with van der Waals surface area (Å²) >= 11 is 0. The zero-order valence-corrected chi connectivity index (χ0v) is 12.4. The van der Waals surface area contributed by atoms with E-state index in [4.69, 9.17) is 5.73 Å². The normalized spacial score (nSPS) is 38.0. The molecule has 0 radical (unpaired) electrons. The van der Waals surface area contributed by atoms with Gasteiger partial charge in [0.15, 0.2) is 0 Å². The minimum Gasteiger partial charge on any atom is -0.330 e. The Morgan fingerprint density at radius 2 is 1.67 bits per heavy atom. The predicted molar refractivity (Wildman–Crippen MR) is 78.6 cm³/mol. The Balaban J connectivity index is 1.80. The molecule has 2 saturated carbocycles. The van der Waals surface area contributed by atoms with Gasteiger partial charge in [0, 0.05) is 12.6 Å². The van der Waals surface area contributed by atoms with Crippen LogP contribution in [-0.2, 0) is 0 Å². The van der Waals surface area contributed by atoms with Crippen molar-refractivity contribution in [1.82, 2.24) is 4.90 Å². The molecule has 2 atom stereocenters. The second kappa shape index (κ2) is 6.91. The van der Waals surface area contributed by atoms with E-state index < -0.39 is 0 Å². The summed E-state index contributed by atoms with van der Waals surface area (Å²) in [6.45, 7) is 4.61. The van der Waals surface area contributed by atoms with Crippen molar-refractivity contribution in [2.45, 2.75) is 64.3 Å². The highest BCUT2D eigenvalue weighted by molar-refractivity contribution is 4.84. The molecule has 106 valence electrons. The lowest BCUT2D eigenvalue weighted by Crippen LogP contribution is -2.45. The molecular weight excluding hydrogens is 220 g/mol. The fourth-order valence-corrected chi connectivity index (χ4v) is 4.10. The van der Waals surface area contributed by atoms with Gasteiger partial charge in [-0.05, 0) is 57.0 Å². The van der Waals surface area contributed by atoms with Crippen molar-refractivity contribution in [1.29, 1.82) is 0 Å². The van der Waals surface area contributed by atoms with Gasteiger partial charge in [-0.25, -0.2) is 0 Å². The molecule has 2 aliphatic rings. The first-order valence-electron chi connectivity index (χ1n) is 8.11. The minimum atomic E-state index is 0.756. The first kappa shape index (κ1) is 14.3. The van der Waals surface area contributed by atoms with E-state index in [1.807, 2.05) is 0 Å². The molecule has 2 unspecified atom stereocenters. The van der Waals surface area contributed by atoms with Gasteiger partial charge < -0.3 is 10.6 Å². The second-order valence-electron chi connectivity index (χ2n) is 6.91. The van der Waals surface area contributed by atoms with Gasteiger partial charge in [-0.3, -0.25) is 0 Å². The van der Waals surface area contributed by atoms with Crippen LogP contribution < -0.4 is 5.73 Å². The summed E-state index contributed by atoms with van der Waals surface area (Å²) in [4.78, 5) is 2.65. The third-order valence-corrected chi connectivity index (χ3v) is 5.42. The molecule has 2 nitrogen and oxygen atoms in total. The summed E-state index contributed by atoms with van der Waals surface area (Å²) < 4.78 is 0. The molecule has 0 bridgehead atoms. The monoisotopic (exact) mass is 252 g/mol. The van der Waals surface area contributed by atoms with Gasteiger partial charge in [0.1, 0.15) is 0 Å². The van der Waals surface area contributed by atoms with Crippen molar-refractivity contribution in [2.24, 2.45) is 23.5 Å². The number of nitrogens with zero attached hydrogens (tertiary/aromatic N) is 1. The van der Waals surface area contributed by atoms with Crippen LogP contribution in [0.25, 0.3) is 0 Å². The van der Waals surface area contributed by atoms with Crippen molar-refractivity contribution in [3.05, 3.63) is 0 Å². The largest absolute Gasteiger partial charge is 0.330 e. The molecule has 0 saturated heterocycles. The van der Waals surface area contributed by atoms with Gasteiger partial charge in [-0.15, -0.1) is 0 Å². The van der Waals surface area contributed by atoms with E-state index in [2.05, 4.69) is 18.9 Å². The van der Waals surface area contributed by atoms with Crippen LogP contribution in [0, 0.1) is 17.8 Å². The average molecular weight is 252 g/mol. The second-order valence-corrected chi connectivity index (χ2v) is 6.91. The Hall–Kier alpha value is -0.0800. The van der Waals surface area contributed by atoms with Crippen LogP contribution in [0.1, 0.15) is 58.3 Å². The summed E-state index contributed by atoms with van der Waals surface area (Å²) in [5.41, 5.74) is 5.96. The highest BCUT2D eigenvalue weighted by Crippen LogP contribution is 2.32. The Labute approximate surface area is 113 Å². The van der Waals surface area contributed by atoms with Gasteiger partial charge in [0.25, 0.3) is 0 Å². The molecule has 2 rings (SSSR count). The first-order chi connectivity index (χ1) is 8.70. The smallest absolute Gasteiger partial charge is 0.0133 e.